The van der Waals surface area contributed by atoms with Crippen LogP contribution in [0.5, 0.6) is 0 Å². The maximum atomic E-state index is 10.0. The normalized spacial score (nSPS) is 17.4. The van der Waals surface area contributed by atoms with Gasteiger partial charge in [0.1, 0.15) is 0 Å². The molecule has 0 amide bonds. The highest BCUT2D eigenvalue weighted by molar-refractivity contribution is 7.80. The van der Waals surface area contributed by atoms with Crippen molar-refractivity contribution in [3.8, 4) is 0 Å². The molecular formula is C4H8NO5S. The molecule has 0 bridgehead atoms. The standard InChI is InChI=1S/C4H8NO5S/c1-3(4(5)2-6)10-11(7,8)9/h3-4H,5H2,1H3,(H,7,8,9)/t3-,4-/m1/s1. The Labute approximate surface area is 64.3 Å². The Kier molecular flexibility index (Phi) is 3.59. The van der Waals surface area contributed by atoms with Gasteiger partial charge in [-0.25, -0.2) is 4.18 Å². The summed E-state index contributed by atoms with van der Waals surface area (Å²) in [5.41, 5.74) is 5.00. The largest absolute Gasteiger partial charge is 0.397 e. The molecule has 0 unspecified atom stereocenters. The number of rotatable bonds is 4. The van der Waals surface area contributed by atoms with Crippen molar-refractivity contribution in [3.63, 3.8) is 0 Å². The molecule has 3 N–H and O–H groups in total. The molecular weight excluding hydrogens is 174 g/mol. The van der Waals surface area contributed by atoms with E-state index in [4.69, 9.17) is 10.3 Å². The Hall–Kier alpha value is -0.500. The van der Waals surface area contributed by atoms with Gasteiger partial charge in [-0.15, -0.1) is 0 Å². The van der Waals surface area contributed by atoms with Crippen LogP contribution < -0.4 is 5.73 Å². The Morgan fingerprint density at radius 1 is 1.64 bits per heavy atom. The molecule has 0 aromatic heterocycles. The molecule has 0 rings (SSSR count). The second-order valence-electron chi connectivity index (χ2n) is 1.87. The van der Waals surface area contributed by atoms with Crippen LogP contribution in [-0.2, 0) is 19.4 Å². The molecule has 0 spiro atoms. The molecule has 0 aliphatic rings. The minimum atomic E-state index is -4.54. The van der Waals surface area contributed by atoms with Gasteiger partial charge >= 0.3 is 10.4 Å². The van der Waals surface area contributed by atoms with Gasteiger partial charge in [0.05, 0.1) is 12.1 Å². The molecule has 1 radical (unpaired) electrons. The fraction of sp³-hybridized carbons (Fsp3) is 0.750. The quantitative estimate of drug-likeness (QED) is 0.519. The highest BCUT2D eigenvalue weighted by atomic mass is 32.3. The summed E-state index contributed by atoms with van der Waals surface area (Å²) in [5, 5.41) is 0. The van der Waals surface area contributed by atoms with Crippen LogP contribution in [0.2, 0.25) is 0 Å². The van der Waals surface area contributed by atoms with Gasteiger partial charge in [0, 0.05) is 0 Å². The summed E-state index contributed by atoms with van der Waals surface area (Å²) >= 11 is 0. The van der Waals surface area contributed by atoms with Crippen LogP contribution in [0.1, 0.15) is 6.92 Å². The van der Waals surface area contributed by atoms with Crippen molar-refractivity contribution in [3.05, 3.63) is 0 Å². The van der Waals surface area contributed by atoms with E-state index in [0.29, 0.717) is 0 Å². The van der Waals surface area contributed by atoms with E-state index in [2.05, 4.69) is 4.18 Å². The summed E-state index contributed by atoms with van der Waals surface area (Å²) in [6.45, 7) is 1.23. The Morgan fingerprint density at radius 2 is 2.09 bits per heavy atom. The third-order valence-corrected chi connectivity index (χ3v) is 1.46. The first-order chi connectivity index (χ1) is 4.87. The first-order valence-corrected chi connectivity index (χ1v) is 4.02. The monoisotopic (exact) mass is 182 g/mol. The molecule has 0 aromatic rings. The van der Waals surface area contributed by atoms with Gasteiger partial charge in [0.15, 0.2) is 0 Å². The van der Waals surface area contributed by atoms with Gasteiger partial charge in [-0.2, -0.15) is 8.42 Å². The predicted octanol–water partition coefficient (Wildman–Crippen LogP) is -1.37. The van der Waals surface area contributed by atoms with E-state index in [1.807, 2.05) is 0 Å². The van der Waals surface area contributed by atoms with Crippen LogP contribution in [0.25, 0.3) is 0 Å². The molecule has 2 atom stereocenters. The van der Waals surface area contributed by atoms with Crippen molar-refractivity contribution in [1.29, 1.82) is 0 Å². The van der Waals surface area contributed by atoms with Crippen molar-refractivity contribution in [2.24, 2.45) is 5.73 Å². The second-order valence-corrected chi connectivity index (χ2v) is 2.92. The lowest BCUT2D eigenvalue weighted by atomic mass is 10.2. The van der Waals surface area contributed by atoms with Gasteiger partial charge in [-0.3, -0.25) is 9.35 Å². The molecule has 0 aliphatic carbocycles. The van der Waals surface area contributed by atoms with Crippen LogP contribution in [0.3, 0.4) is 0 Å². The molecule has 0 saturated heterocycles. The SMILES string of the molecule is C[C@@H](OS(=O)(=O)O)[C@H](N)[C]=O. The second kappa shape index (κ2) is 3.77. The van der Waals surface area contributed by atoms with Crippen LogP contribution >= 0.6 is 0 Å². The Morgan fingerprint density at radius 3 is 2.36 bits per heavy atom. The molecule has 11 heavy (non-hydrogen) atoms. The van der Waals surface area contributed by atoms with Gasteiger partial charge in [0.25, 0.3) is 0 Å². The maximum Gasteiger partial charge on any atom is 0.397 e. The predicted molar refractivity (Wildman–Crippen MR) is 35.8 cm³/mol. The zero-order valence-corrected chi connectivity index (χ0v) is 6.54. The van der Waals surface area contributed by atoms with Gasteiger partial charge in [0.2, 0.25) is 6.29 Å². The fourth-order valence-corrected chi connectivity index (χ4v) is 0.851. The van der Waals surface area contributed by atoms with Crippen LogP contribution in [-0.4, -0.2) is 31.4 Å². The molecule has 7 heteroatoms. The zero-order chi connectivity index (χ0) is 9.07. The molecule has 0 saturated carbocycles. The number of carbonyl (C=O) groups excluding carboxylic acids is 1. The minimum Gasteiger partial charge on any atom is -0.319 e. The van der Waals surface area contributed by atoms with Crippen molar-refractivity contribution in [1.82, 2.24) is 0 Å². The summed E-state index contributed by atoms with van der Waals surface area (Å²) in [6, 6.07) is -1.18. The topological polar surface area (TPSA) is 107 Å². The summed E-state index contributed by atoms with van der Waals surface area (Å²) < 4.78 is 32.0. The third-order valence-electron chi connectivity index (χ3n) is 0.915. The first kappa shape index (κ1) is 10.5. The van der Waals surface area contributed by atoms with Crippen LogP contribution in [0.4, 0.5) is 0 Å². The lowest BCUT2D eigenvalue weighted by molar-refractivity contribution is 0.189. The fourth-order valence-electron chi connectivity index (χ4n) is 0.347. The van der Waals surface area contributed by atoms with Crippen molar-refractivity contribution in [2.75, 3.05) is 0 Å². The molecule has 0 heterocycles. The lowest BCUT2D eigenvalue weighted by Gasteiger charge is -2.10. The molecule has 0 aliphatic heterocycles. The number of hydrogen-bond acceptors (Lipinski definition) is 5. The third kappa shape index (κ3) is 4.85. The van der Waals surface area contributed by atoms with E-state index in [9.17, 15) is 13.2 Å². The summed E-state index contributed by atoms with van der Waals surface area (Å²) in [6.07, 6.45) is 0.206. The van der Waals surface area contributed by atoms with Gasteiger partial charge in [-0.05, 0) is 6.92 Å². The molecule has 0 fully saturated rings. The van der Waals surface area contributed by atoms with E-state index in [-0.39, 0.29) is 0 Å². The molecule has 65 valence electrons. The highest BCUT2D eigenvalue weighted by Gasteiger charge is 2.19. The summed E-state index contributed by atoms with van der Waals surface area (Å²) in [4.78, 5) is 9.83. The Balaban J connectivity index is 4.08. The van der Waals surface area contributed by atoms with E-state index in [0.717, 1.165) is 0 Å². The van der Waals surface area contributed by atoms with Gasteiger partial charge in [-0.1, -0.05) is 0 Å². The first-order valence-electron chi connectivity index (χ1n) is 2.66. The van der Waals surface area contributed by atoms with Crippen LogP contribution in [0.15, 0.2) is 0 Å². The number of nitrogens with two attached hydrogens (primary N) is 1. The van der Waals surface area contributed by atoms with Crippen molar-refractivity contribution >= 4 is 16.7 Å². The average molecular weight is 182 g/mol. The summed E-state index contributed by atoms with van der Waals surface area (Å²) in [5.74, 6) is 0. The van der Waals surface area contributed by atoms with Crippen LogP contribution in [0, 0.1) is 0 Å². The van der Waals surface area contributed by atoms with Gasteiger partial charge < -0.3 is 5.73 Å². The van der Waals surface area contributed by atoms with E-state index in [1.54, 1.807) is 0 Å². The van der Waals surface area contributed by atoms with Crippen molar-refractivity contribution < 1.29 is 21.9 Å². The lowest BCUT2D eigenvalue weighted by Crippen LogP contribution is -2.37. The smallest absolute Gasteiger partial charge is 0.319 e. The average Bonchev–Trinajstić information content (AvgIpc) is 1.82. The molecule has 0 aromatic carbocycles. The highest BCUT2D eigenvalue weighted by Crippen LogP contribution is 1.98. The van der Waals surface area contributed by atoms with Crippen molar-refractivity contribution in [2.45, 2.75) is 19.1 Å². The van der Waals surface area contributed by atoms with E-state index in [1.165, 1.54) is 13.2 Å². The van der Waals surface area contributed by atoms with E-state index < -0.39 is 22.5 Å². The summed E-state index contributed by atoms with van der Waals surface area (Å²) in [7, 11) is -4.54. The zero-order valence-electron chi connectivity index (χ0n) is 5.72. The number of hydrogen-bond donors (Lipinski definition) is 2. The van der Waals surface area contributed by atoms with E-state index >= 15 is 0 Å². The minimum absolute atomic E-state index is 1.11. The Bertz CT molecular complexity index is 223. The molecule has 6 nitrogen and oxygen atoms in total. The maximum absolute atomic E-state index is 10.0.